The summed E-state index contributed by atoms with van der Waals surface area (Å²) in [4.78, 5) is 17.4. The zero-order valence-electron chi connectivity index (χ0n) is 15.1. The van der Waals surface area contributed by atoms with Crippen LogP contribution in [-0.4, -0.2) is 16.0 Å². The van der Waals surface area contributed by atoms with Gasteiger partial charge in [0.1, 0.15) is 9.92 Å². The Morgan fingerprint density at radius 1 is 1.25 bits per heavy atom. The topological polar surface area (TPSA) is 75.4 Å². The molecular formula is C21H18N2O3S2. The summed E-state index contributed by atoms with van der Waals surface area (Å²) < 4.78 is 6.85. The number of para-hydroxylation sites is 1. The average Bonchev–Trinajstić information content (AvgIpc) is 3.29. The van der Waals surface area contributed by atoms with Gasteiger partial charge in [-0.3, -0.25) is 4.79 Å². The number of thioether (sulfide) groups is 1. The monoisotopic (exact) mass is 410 g/mol. The number of furan rings is 1. The van der Waals surface area contributed by atoms with Crippen molar-refractivity contribution in [2.75, 3.05) is 5.32 Å². The molecule has 0 fully saturated rings. The van der Waals surface area contributed by atoms with Crippen LogP contribution in [0.25, 0.3) is 11.0 Å². The van der Waals surface area contributed by atoms with Gasteiger partial charge in [0.25, 0.3) is 5.91 Å². The van der Waals surface area contributed by atoms with Gasteiger partial charge in [-0.15, -0.1) is 11.3 Å². The third-order valence-electron chi connectivity index (χ3n) is 4.21. The molecule has 28 heavy (non-hydrogen) atoms. The molecule has 0 bridgehead atoms. The molecule has 2 aromatic carbocycles. The van der Waals surface area contributed by atoms with Gasteiger partial charge in [0.15, 0.2) is 5.76 Å². The average molecular weight is 411 g/mol. The van der Waals surface area contributed by atoms with Crippen molar-refractivity contribution in [1.29, 1.82) is 0 Å². The lowest BCUT2D eigenvalue weighted by molar-refractivity contribution is 0.0998. The Hall–Kier alpha value is -2.61. The quantitative estimate of drug-likeness (QED) is 0.426. The fourth-order valence-electron chi connectivity index (χ4n) is 2.89. The number of aromatic nitrogens is 1. The lowest BCUT2D eigenvalue weighted by atomic mass is 10.1. The summed E-state index contributed by atoms with van der Waals surface area (Å²) in [5, 5.41) is 15.1. The number of aliphatic hydroxyl groups excluding tert-OH is 1. The van der Waals surface area contributed by atoms with E-state index in [-0.39, 0.29) is 12.5 Å². The van der Waals surface area contributed by atoms with Gasteiger partial charge in [-0.2, -0.15) is 0 Å². The Labute approximate surface area is 170 Å². The lowest BCUT2D eigenvalue weighted by Gasteiger charge is -2.06. The highest BCUT2D eigenvalue weighted by molar-refractivity contribution is 8.00. The van der Waals surface area contributed by atoms with Crippen LogP contribution in [0.1, 0.15) is 27.4 Å². The SMILES string of the molecule is Cc1csc(SCc2c(C(=O)Nc3cccc(CO)c3)oc3ccccc23)n1. The van der Waals surface area contributed by atoms with Crippen molar-refractivity contribution < 1.29 is 14.3 Å². The van der Waals surface area contributed by atoms with E-state index in [2.05, 4.69) is 10.3 Å². The number of carbonyl (C=O) groups excluding carboxylic acids is 1. The van der Waals surface area contributed by atoms with E-state index in [0.717, 1.165) is 26.5 Å². The van der Waals surface area contributed by atoms with Gasteiger partial charge in [-0.25, -0.2) is 4.98 Å². The second-order valence-corrected chi connectivity index (χ2v) is 8.34. The Morgan fingerprint density at radius 3 is 2.89 bits per heavy atom. The van der Waals surface area contributed by atoms with Gasteiger partial charge in [-0.1, -0.05) is 42.1 Å². The van der Waals surface area contributed by atoms with Gasteiger partial charge < -0.3 is 14.8 Å². The maximum Gasteiger partial charge on any atom is 0.291 e. The standard InChI is InChI=1S/C21H18N2O3S2/c1-13-11-27-21(22-13)28-12-17-16-7-2-3-8-18(16)26-19(17)20(25)23-15-6-4-5-14(9-15)10-24/h2-9,11,24H,10,12H2,1H3,(H,23,25). The van der Waals surface area contributed by atoms with Crippen LogP contribution >= 0.6 is 23.1 Å². The highest BCUT2D eigenvalue weighted by atomic mass is 32.2. The first-order chi connectivity index (χ1) is 13.6. The van der Waals surface area contributed by atoms with Gasteiger partial charge in [0, 0.05) is 33.5 Å². The summed E-state index contributed by atoms with van der Waals surface area (Å²) in [5.74, 6) is 0.581. The van der Waals surface area contributed by atoms with E-state index in [1.54, 1.807) is 47.4 Å². The van der Waals surface area contributed by atoms with Crippen molar-refractivity contribution in [3.63, 3.8) is 0 Å². The molecule has 0 spiro atoms. The predicted octanol–water partition coefficient (Wildman–Crippen LogP) is 5.23. The summed E-state index contributed by atoms with van der Waals surface area (Å²) in [6.07, 6.45) is 0. The summed E-state index contributed by atoms with van der Waals surface area (Å²) in [7, 11) is 0. The van der Waals surface area contributed by atoms with Crippen LogP contribution in [0.4, 0.5) is 5.69 Å². The molecule has 142 valence electrons. The van der Waals surface area contributed by atoms with Gasteiger partial charge in [0.2, 0.25) is 0 Å². The normalized spacial score (nSPS) is 11.1. The molecule has 2 aromatic heterocycles. The summed E-state index contributed by atoms with van der Waals surface area (Å²) in [5.41, 5.74) is 3.88. The smallest absolute Gasteiger partial charge is 0.291 e. The number of carbonyl (C=O) groups is 1. The van der Waals surface area contributed by atoms with Crippen LogP contribution < -0.4 is 5.32 Å². The second-order valence-electron chi connectivity index (χ2n) is 6.26. The fraction of sp³-hybridized carbons (Fsp3) is 0.143. The minimum atomic E-state index is -0.308. The molecule has 0 aliphatic rings. The van der Waals surface area contributed by atoms with Gasteiger partial charge in [-0.05, 0) is 30.7 Å². The molecule has 2 heterocycles. The summed E-state index contributed by atoms with van der Waals surface area (Å²) in [6.45, 7) is 1.89. The first kappa shape index (κ1) is 18.7. The molecule has 4 rings (SSSR count). The Kier molecular flexibility index (Phi) is 5.47. The van der Waals surface area contributed by atoms with Crippen LogP contribution in [0.3, 0.4) is 0 Å². The van der Waals surface area contributed by atoms with Gasteiger partial charge in [0.05, 0.1) is 6.61 Å². The Morgan fingerprint density at radius 2 is 2.11 bits per heavy atom. The largest absolute Gasteiger partial charge is 0.451 e. The number of hydrogen-bond donors (Lipinski definition) is 2. The van der Waals surface area contributed by atoms with Crippen LogP contribution in [0.2, 0.25) is 0 Å². The first-order valence-corrected chi connectivity index (χ1v) is 10.6. The minimum absolute atomic E-state index is 0.0799. The molecule has 4 aromatic rings. The molecule has 0 unspecified atom stereocenters. The molecule has 0 aliphatic carbocycles. The number of nitrogens with one attached hydrogen (secondary N) is 1. The van der Waals surface area contributed by atoms with Gasteiger partial charge >= 0.3 is 0 Å². The molecule has 7 heteroatoms. The van der Waals surface area contributed by atoms with Crippen LogP contribution in [0, 0.1) is 6.92 Å². The molecular weight excluding hydrogens is 392 g/mol. The fourth-order valence-corrected chi connectivity index (χ4v) is 4.77. The minimum Gasteiger partial charge on any atom is -0.451 e. The number of fused-ring (bicyclic) bond motifs is 1. The van der Waals surface area contributed by atoms with Crippen molar-refractivity contribution >= 4 is 45.7 Å². The lowest BCUT2D eigenvalue weighted by Crippen LogP contribution is -2.13. The Balaban J connectivity index is 1.64. The van der Waals surface area contributed by atoms with E-state index >= 15 is 0 Å². The molecule has 0 radical (unpaired) electrons. The summed E-state index contributed by atoms with van der Waals surface area (Å²) >= 11 is 3.19. The zero-order chi connectivity index (χ0) is 19.5. The molecule has 2 N–H and O–H groups in total. The number of thiazole rings is 1. The number of amides is 1. The van der Waals surface area contributed by atoms with E-state index in [9.17, 15) is 9.90 Å². The zero-order valence-corrected chi connectivity index (χ0v) is 16.8. The number of benzene rings is 2. The molecule has 0 saturated heterocycles. The first-order valence-electron chi connectivity index (χ1n) is 8.70. The van der Waals surface area contributed by atoms with Crippen LogP contribution in [0.15, 0.2) is 62.7 Å². The van der Waals surface area contributed by atoms with E-state index in [1.165, 1.54) is 0 Å². The maximum absolute atomic E-state index is 12.9. The van der Waals surface area contributed by atoms with Crippen LogP contribution in [-0.2, 0) is 12.4 Å². The highest BCUT2D eigenvalue weighted by Crippen LogP contribution is 2.33. The third-order valence-corrected chi connectivity index (χ3v) is 6.38. The van der Waals surface area contributed by atoms with E-state index in [0.29, 0.717) is 22.8 Å². The number of aliphatic hydroxyl groups is 1. The molecule has 1 amide bonds. The predicted molar refractivity (Wildman–Crippen MR) is 113 cm³/mol. The third kappa shape index (κ3) is 3.96. The Bertz CT molecular complexity index is 1130. The number of hydrogen-bond acceptors (Lipinski definition) is 6. The van der Waals surface area contributed by atoms with Crippen LogP contribution in [0.5, 0.6) is 0 Å². The van der Waals surface area contributed by atoms with Crippen molar-refractivity contribution in [2.45, 2.75) is 23.6 Å². The van der Waals surface area contributed by atoms with Crippen molar-refractivity contribution in [1.82, 2.24) is 4.98 Å². The molecule has 5 nitrogen and oxygen atoms in total. The van der Waals surface area contributed by atoms with E-state index in [1.807, 2.05) is 36.6 Å². The molecule has 0 atom stereocenters. The van der Waals surface area contributed by atoms with Crippen molar-refractivity contribution in [3.05, 3.63) is 76.5 Å². The van der Waals surface area contributed by atoms with Crippen molar-refractivity contribution in [2.24, 2.45) is 0 Å². The molecule has 0 saturated carbocycles. The number of aryl methyl sites for hydroxylation is 1. The van der Waals surface area contributed by atoms with E-state index < -0.39 is 0 Å². The second kappa shape index (κ2) is 8.18. The number of anilines is 1. The summed E-state index contributed by atoms with van der Waals surface area (Å²) in [6, 6.07) is 14.8. The number of nitrogens with zero attached hydrogens (tertiary/aromatic N) is 1. The highest BCUT2D eigenvalue weighted by Gasteiger charge is 2.21. The maximum atomic E-state index is 12.9. The van der Waals surface area contributed by atoms with E-state index in [4.69, 9.17) is 4.42 Å². The molecule has 0 aliphatic heterocycles. The van der Waals surface area contributed by atoms with Crippen molar-refractivity contribution in [3.8, 4) is 0 Å². The number of rotatable bonds is 6.